The first-order chi connectivity index (χ1) is 20.5. The van der Waals surface area contributed by atoms with Crippen LogP contribution in [0.4, 0.5) is 23.1 Å². The number of anilines is 4. The number of methoxy groups -OCH3 is 1. The van der Waals surface area contributed by atoms with E-state index in [4.69, 9.17) is 14.5 Å². The van der Waals surface area contributed by atoms with Gasteiger partial charge in [-0.1, -0.05) is 12.8 Å². The van der Waals surface area contributed by atoms with Crippen molar-refractivity contribution < 1.29 is 19.1 Å². The molecule has 2 N–H and O–H groups in total. The van der Waals surface area contributed by atoms with Crippen LogP contribution in [0, 0.1) is 0 Å². The van der Waals surface area contributed by atoms with Crippen LogP contribution in [-0.4, -0.2) is 91.8 Å². The monoisotopic (exact) mass is 577 g/mol. The Bertz CT molecular complexity index is 1270. The fourth-order valence-corrected chi connectivity index (χ4v) is 6.85. The first-order valence-electron chi connectivity index (χ1n) is 15.5. The molecule has 42 heavy (non-hydrogen) atoms. The Labute approximate surface area is 247 Å². The highest BCUT2D eigenvalue weighted by atomic mass is 16.5. The number of nitrogens with one attached hydrogen (secondary N) is 2. The maximum Gasteiger partial charge on any atom is 0.251 e. The van der Waals surface area contributed by atoms with E-state index in [2.05, 4.69) is 25.4 Å². The van der Waals surface area contributed by atoms with Gasteiger partial charge in [0.15, 0.2) is 5.82 Å². The molecule has 2 amide bonds. The number of ether oxygens (including phenoxy) is 2. The van der Waals surface area contributed by atoms with Gasteiger partial charge >= 0.3 is 0 Å². The van der Waals surface area contributed by atoms with Gasteiger partial charge in [0, 0.05) is 70.0 Å². The minimum absolute atomic E-state index is 0.0708. The Morgan fingerprint density at radius 3 is 2.52 bits per heavy atom. The minimum Gasteiger partial charge on any atom is -0.495 e. The van der Waals surface area contributed by atoms with E-state index in [0.29, 0.717) is 48.0 Å². The molecule has 11 nitrogen and oxygen atoms in total. The molecule has 0 spiro atoms. The lowest BCUT2D eigenvalue weighted by molar-refractivity contribution is -0.118. The van der Waals surface area contributed by atoms with Gasteiger partial charge in [-0.05, 0) is 56.7 Å². The number of benzene rings is 1. The van der Waals surface area contributed by atoms with Gasteiger partial charge in [0.25, 0.3) is 5.91 Å². The largest absolute Gasteiger partial charge is 0.495 e. The maximum atomic E-state index is 13.2. The summed E-state index contributed by atoms with van der Waals surface area (Å²) in [7, 11) is 3.38. The highest BCUT2D eigenvalue weighted by Gasteiger charge is 2.32. The molecular weight excluding hydrogens is 534 g/mol. The Morgan fingerprint density at radius 1 is 1.02 bits per heavy atom. The Balaban J connectivity index is 1.13. The summed E-state index contributed by atoms with van der Waals surface area (Å²) in [5.74, 6) is 1.72. The van der Waals surface area contributed by atoms with E-state index in [0.717, 1.165) is 76.3 Å². The second-order valence-corrected chi connectivity index (χ2v) is 11.9. The van der Waals surface area contributed by atoms with Gasteiger partial charge in [0.1, 0.15) is 11.4 Å². The van der Waals surface area contributed by atoms with E-state index in [-0.39, 0.29) is 17.9 Å². The molecule has 2 aromatic rings. The number of aromatic nitrogens is 2. The molecule has 3 aliphatic heterocycles. The summed E-state index contributed by atoms with van der Waals surface area (Å²) in [6.45, 7) is 4.36. The maximum absolute atomic E-state index is 13.2. The SMILES string of the molecule is COc1cc(C(=O)NC2CCN(C3CCOCC3)CC2)ccc1Nc1ncc2c(n1)N(C1CCCC1)CCC(=O)N2C. The Kier molecular flexibility index (Phi) is 8.76. The Hall–Kier alpha value is -3.44. The zero-order valence-electron chi connectivity index (χ0n) is 24.8. The quantitative estimate of drug-likeness (QED) is 0.509. The van der Waals surface area contributed by atoms with Crippen LogP contribution >= 0.6 is 0 Å². The average Bonchev–Trinajstić information content (AvgIpc) is 3.53. The highest BCUT2D eigenvalue weighted by molar-refractivity contribution is 5.97. The number of amides is 2. The number of fused-ring (bicyclic) bond motifs is 1. The van der Waals surface area contributed by atoms with Crippen molar-refractivity contribution >= 4 is 35.0 Å². The van der Waals surface area contributed by atoms with Crippen molar-refractivity contribution in [3.63, 3.8) is 0 Å². The van der Waals surface area contributed by atoms with Crippen LogP contribution in [0.15, 0.2) is 24.4 Å². The summed E-state index contributed by atoms with van der Waals surface area (Å²) in [4.78, 5) is 41.8. The van der Waals surface area contributed by atoms with Gasteiger partial charge in [0.05, 0.1) is 19.0 Å². The molecule has 1 aromatic carbocycles. The second-order valence-electron chi connectivity index (χ2n) is 11.9. The molecule has 1 aliphatic carbocycles. The summed E-state index contributed by atoms with van der Waals surface area (Å²) in [5.41, 5.74) is 1.96. The van der Waals surface area contributed by atoms with Gasteiger partial charge in [-0.3, -0.25) is 9.59 Å². The summed E-state index contributed by atoms with van der Waals surface area (Å²) < 4.78 is 11.2. The number of nitrogens with zero attached hydrogens (tertiary/aromatic N) is 5. The normalized spacial score (nSPS) is 21.2. The first-order valence-corrected chi connectivity index (χ1v) is 15.5. The molecule has 1 aromatic heterocycles. The number of carbonyl (C=O) groups excluding carboxylic acids is 2. The zero-order valence-corrected chi connectivity index (χ0v) is 24.8. The van der Waals surface area contributed by atoms with E-state index < -0.39 is 0 Å². The average molecular weight is 578 g/mol. The van der Waals surface area contributed by atoms with Crippen molar-refractivity contribution in [2.75, 3.05) is 62.1 Å². The van der Waals surface area contributed by atoms with Crippen molar-refractivity contribution in [1.29, 1.82) is 0 Å². The molecule has 3 fully saturated rings. The fourth-order valence-electron chi connectivity index (χ4n) is 6.85. The lowest BCUT2D eigenvalue weighted by Crippen LogP contribution is -2.49. The van der Waals surface area contributed by atoms with E-state index in [1.54, 1.807) is 37.4 Å². The van der Waals surface area contributed by atoms with Crippen LogP contribution in [0.5, 0.6) is 5.75 Å². The molecule has 226 valence electrons. The summed E-state index contributed by atoms with van der Waals surface area (Å²) in [6.07, 6.45) is 10.9. The lowest BCUT2D eigenvalue weighted by atomic mass is 9.99. The Morgan fingerprint density at radius 2 is 1.79 bits per heavy atom. The molecule has 2 saturated heterocycles. The molecule has 1 saturated carbocycles. The van der Waals surface area contributed by atoms with Crippen LogP contribution in [0.2, 0.25) is 0 Å². The number of carbonyl (C=O) groups is 2. The lowest BCUT2D eigenvalue weighted by Gasteiger charge is -2.39. The minimum atomic E-state index is -0.0921. The first kappa shape index (κ1) is 28.7. The van der Waals surface area contributed by atoms with Crippen molar-refractivity contribution in [2.24, 2.45) is 0 Å². The predicted molar refractivity (Wildman–Crippen MR) is 162 cm³/mol. The smallest absolute Gasteiger partial charge is 0.251 e. The van der Waals surface area contributed by atoms with E-state index in [1.807, 2.05) is 6.07 Å². The van der Waals surface area contributed by atoms with Crippen LogP contribution in [0.1, 0.15) is 68.1 Å². The van der Waals surface area contributed by atoms with Gasteiger partial charge in [0.2, 0.25) is 11.9 Å². The van der Waals surface area contributed by atoms with E-state index in [1.165, 1.54) is 12.8 Å². The van der Waals surface area contributed by atoms with E-state index in [9.17, 15) is 9.59 Å². The molecule has 0 radical (unpaired) electrons. The van der Waals surface area contributed by atoms with Crippen LogP contribution in [0.3, 0.4) is 0 Å². The van der Waals surface area contributed by atoms with Gasteiger partial charge in [-0.15, -0.1) is 0 Å². The second kappa shape index (κ2) is 12.8. The molecular formula is C31H43N7O4. The topological polar surface area (TPSA) is 112 Å². The summed E-state index contributed by atoms with van der Waals surface area (Å²) >= 11 is 0. The summed E-state index contributed by atoms with van der Waals surface area (Å²) in [6, 6.07) is 6.55. The number of rotatable bonds is 7. The van der Waals surface area contributed by atoms with Crippen molar-refractivity contribution in [2.45, 2.75) is 75.9 Å². The number of likely N-dealkylation sites (tertiary alicyclic amines) is 1. The third-order valence-corrected chi connectivity index (χ3v) is 9.37. The molecule has 0 atom stereocenters. The van der Waals surface area contributed by atoms with Crippen LogP contribution in [-0.2, 0) is 9.53 Å². The van der Waals surface area contributed by atoms with Crippen molar-refractivity contribution in [3.8, 4) is 5.75 Å². The summed E-state index contributed by atoms with van der Waals surface area (Å²) in [5, 5.41) is 6.52. The fraction of sp³-hybridized carbons (Fsp3) is 0.613. The number of piperidine rings is 1. The number of hydrogen-bond acceptors (Lipinski definition) is 9. The molecule has 11 heteroatoms. The van der Waals surface area contributed by atoms with Crippen LogP contribution < -0.4 is 25.2 Å². The van der Waals surface area contributed by atoms with Crippen LogP contribution in [0.25, 0.3) is 0 Å². The van der Waals surface area contributed by atoms with Gasteiger partial charge in [-0.2, -0.15) is 4.98 Å². The predicted octanol–water partition coefficient (Wildman–Crippen LogP) is 3.72. The molecule has 0 unspecified atom stereocenters. The molecule has 4 heterocycles. The zero-order chi connectivity index (χ0) is 29.1. The van der Waals surface area contributed by atoms with Crippen molar-refractivity contribution in [1.82, 2.24) is 20.2 Å². The highest BCUT2D eigenvalue weighted by Crippen LogP contribution is 2.37. The van der Waals surface area contributed by atoms with Gasteiger partial charge < -0.3 is 34.8 Å². The number of hydrogen-bond donors (Lipinski definition) is 2. The third-order valence-electron chi connectivity index (χ3n) is 9.37. The van der Waals surface area contributed by atoms with Gasteiger partial charge in [-0.25, -0.2) is 4.98 Å². The third kappa shape index (κ3) is 6.17. The molecule has 6 rings (SSSR count). The molecule has 4 aliphatic rings. The van der Waals surface area contributed by atoms with Crippen molar-refractivity contribution in [3.05, 3.63) is 30.0 Å². The molecule has 0 bridgehead atoms. The standard InChI is InChI=1S/C31H43N7O4/c1-36-26-20-32-31(35-29(26)38(16-11-28(36)39)24-5-3-4-6-24)34-25-8-7-21(19-27(25)41-2)30(40)33-22-9-14-37(15-10-22)23-12-17-42-18-13-23/h7-8,19-20,22-24H,3-6,9-18H2,1-2H3,(H,33,40)(H,32,34,35). The van der Waals surface area contributed by atoms with E-state index >= 15 is 0 Å².